The molecule has 2 aromatic carbocycles. The van der Waals surface area contributed by atoms with Gasteiger partial charge in [-0.1, -0.05) is 36.4 Å². The van der Waals surface area contributed by atoms with Gasteiger partial charge in [0.15, 0.2) is 0 Å². The fourth-order valence-corrected chi connectivity index (χ4v) is 2.54. The average Bonchev–Trinajstić information content (AvgIpc) is 3.01. The van der Waals surface area contributed by atoms with E-state index in [4.69, 9.17) is 4.74 Å². The Labute approximate surface area is 134 Å². The number of methoxy groups -OCH3 is 1. The molecule has 23 heavy (non-hydrogen) atoms. The molecule has 1 N–H and O–H groups in total. The van der Waals surface area contributed by atoms with Gasteiger partial charge in [0, 0.05) is 23.9 Å². The molecule has 0 radical (unpaired) electrons. The summed E-state index contributed by atoms with van der Waals surface area (Å²) >= 11 is 0. The maximum Gasteiger partial charge on any atom is 0.222 e. The minimum atomic E-state index is -0.00418. The van der Waals surface area contributed by atoms with Crippen LogP contribution in [0, 0.1) is 0 Å². The number of nitrogens with zero attached hydrogens (tertiary/aromatic N) is 2. The maximum absolute atomic E-state index is 12.1. The molecule has 5 nitrogen and oxygen atoms in total. The highest BCUT2D eigenvalue weighted by molar-refractivity contribution is 5.79. The zero-order valence-electron chi connectivity index (χ0n) is 13.0. The lowest BCUT2D eigenvalue weighted by molar-refractivity contribution is -0.121. The Bertz CT molecular complexity index is 811. The van der Waals surface area contributed by atoms with Crippen LogP contribution in [0.15, 0.2) is 54.7 Å². The van der Waals surface area contributed by atoms with Crippen LogP contribution in [-0.4, -0.2) is 22.8 Å². The van der Waals surface area contributed by atoms with Crippen molar-refractivity contribution in [1.29, 1.82) is 0 Å². The van der Waals surface area contributed by atoms with Crippen LogP contribution in [0.3, 0.4) is 0 Å². The Morgan fingerprint density at radius 2 is 1.96 bits per heavy atom. The minimum Gasteiger partial charge on any atom is -0.496 e. The number of rotatable bonds is 6. The van der Waals surface area contributed by atoms with E-state index in [1.54, 1.807) is 7.11 Å². The number of fused-ring (bicyclic) bond motifs is 1. The number of amides is 1. The van der Waals surface area contributed by atoms with Gasteiger partial charge in [-0.3, -0.25) is 9.48 Å². The standard InChI is InChI=1S/C18H19N3O2/c1-23-17-9-5-3-7-15(17)12-19-18(22)10-11-21-16-8-4-2-6-14(16)13-20-21/h2-9,13H,10-12H2,1H3,(H,19,22). The van der Waals surface area contributed by atoms with Gasteiger partial charge in [0.05, 0.1) is 25.4 Å². The van der Waals surface area contributed by atoms with Crippen LogP contribution in [0.2, 0.25) is 0 Å². The van der Waals surface area contributed by atoms with E-state index in [0.29, 0.717) is 19.5 Å². The van der Waals surface area contributed by atoms with Gasteiger partial charge in [0.1, 0.15) is 5.75 Å². The first kappa shape index (κ1) is 15.1. The van der Waals surface area contributed by atoms with Crippen molar-refractivity contribution in [2.45, 2.75) is 19.5 Å². The molecule has 1 aromatic heterocycles. The zero-order valence-corrected chi connectivity index (χ0v) is 13.0. The summed E-state index contributed by atoms with van der Waals surface area (Å²) in [7, 11) is 1.63. The highest BCUT2D eigenvalue weighted by atomic mass is 16.5. The third-order valence-electron chi connectivity index (χ3n) is 3.77. The van der Waals surface area contributed by atoms with Gasteiger partial charge in [-0.15, -0.1) is 0 Å². The Morgan fingerprint density at radius 1 is 1.17 bits per heavy atom. The largest absolute Gasteiger partial charge is 0.496 e. The van der Waals surface area contributed by atoms with Crippen molar-refractivity contribution >= 4 is 16.8 Å². The first-order valence-electron chi connectivity index (χ1n) is 7.57. The van der Waals surface area contributed by atoms with Crippen molar-refractivity contribution in [2.24, 2.45) is 0 Å². The SMILES string of the molecule is COc1ccccc1CNC(=O)CCn1ncc2ccccc21. The van der Waals surface area contributed by atoms with Gasteiger partial charge >= 0.3 is 0 Å². The number of ether oxygens (including phenoxy) is 1. The second-order valence-electron chi connectivity index (χ2n) is 5.27. The third kappa shape index (κ3) is 3.51. The molecule has 0 spiro atoms. The van der Waals surface area contributed by atoms with Gasteiger partial charge in [-0.25, -0.2) is 0 Å². The Morgan fingerprint density at radius 3 is 2.83 bits per heavy atom. The smallest absolute Gasteiger partial charge is 0.222 e. The number of nitrogens with one attached hydrogen (secondary N) is 1. The molecule has 0 bridgehead atoms. The van der Waals surface area contributed by atoms with E-state index in [1.165, 1.54) is 0 Å². The van der Waals surface area contributed by atoms with Crippen LogP contribution in [0.25, 0.3) is 10.9 Å². The Hall–Kier alpha value is -2.82. The average molecular weight is 309 g/mol. The van der Waals surface area contributed by atoms with Gasteiger partial charge in [0.2, 0.25) is 5.91 Å². The molecular weight excluding hydrogens is 290 g/mol. The third-order valence-corrected chi connectivity index (χ3v) is 3.77. The van der Waals surface area contributed by atoms with E-state index in [9.17, 15) is 4.79 Å². The topological polar surface area (TPSA) is 56.1 Å². The summed E-state index contributed by atoms with van der Waals surface area (Å²) in [6.07, 6.45) is 2.21. The number of para-hydroxylation sites is 2. The number of hydrogen-bond acceptors (Lipinski definition) is 3. The highest BCUT2D eigenvalue weighted by Gasteiger charge is 2.07. The number of hydrogen-bond donors (Lipinski definition) is 1. The van der Waals surface area contributed by atoms with Crippen LogP contribution in [0.4, 0.5) is 0 Å². The Kier molecular flexibility index (Phi) is 4.57. The van der Waals surface area contributed by atoms with Gasteiger partial charge in [0.25, 0.3) is 0 Å². The lowest BCUT2D eigenvalue weighted by atomic mass is 10.2. The molecule has 5 heteroatoms. The van der Waals surface area contributed by atoms with Crippen LogP contribution in [-0.2, 0) is 17.9 Å². The summed E-state index contributed by atoms with van der Waals surface area (Å²) < 4.78 is 7.14. The molecule has 0 saturated carbocycles. The molecule has 0 unspecified atom stereocenters. The molecule has 0 saturated heterocycles. The molecular formula is C18H19N3O2. The van der Waals surface area contributed by atoms with Gasteiger partial charge < -0.3 is 10.1 Å². The number of aromatic nitrogens is 2. The number of carbonyl (C=O) groups excluding carboxylic acids is 1. The van der Waals surface area contributed by atoms with E-state index in [1.807, 2.05) is 59.4 Å². The predicted molar refractivity (Wildman–Crippen MR) is 89.2 cm³/mol. The van der Waals surface area contributed by atoms with Crippen molar-refractivity contribution in [3.63, 3.8) is 0 Å². The second kappa shape index (κ2) is 6.96. The summed E-state index contributed by atoms with van der Waals surface area (Å²) in [6, 6.07) is 15.6. The van der Waals surface area contributed by atoms with Crippen LogP contribution in [0.1, 0.15) is 12.0 Å². The molecule has 0 atom stereocenters. The molecule has 0 aliphatic heterocycles. The molecule has 1 amide bonds. The number of aryl methyl sites for hydroxylation is 1. The first-order chi connectivity index (χ1) is 11.3. The summed E-state index contributed by atoms with van der Waals surface area (Å²) in [6.45, 7) is 1.02. The summed E-state index contributed by atoms with van der Waals surface area (Å²) in [5.41, 5.74) is 2.01. The first-order valence-corrected chi connectivity index (χ1v) is 7.57. The van der Waals surface area contributed by atoms with Crippen LogP contribution in [0.5, 0.6) is 5.75 Å². The fourth-order valence-electron chi connectivity index (χ4n) is 2.54. The molecule has 0 fully saturated rings. The van der Waals surface area contributed by atoms with E-state index in [-0.39, 0.29) is 5.91 Å². The Balaban J connectivity index is 1.56. The van der Waals surface area contributed by atoms with Crippen molar-refractivity contribution in [2.75, 3.05) is 7.11 Å². The maximum atomic E-state index is 12.1. The number of benzene rings is 2. The van der Waals surface area contributed by atoms with E-state index < -0.39 is 0 Å². The monoisotopic (exact) mass is 309 g/mol. The highest BCUT2D eigenvalue weighted by Crippen LogP contribution is 2.17. The van der Waals surface area contributed by atoms with Crippen molar-refractivity contribution in [3.05, 3.63) is 60.3 Å². The predicted octanol–water partition coefficient (Wildman–Crippen LogP) is 2.75. The summed E-state index contributed by atoms with van der Waals surface area (Å²) in [5, 5.41) is 8.34. The molecule has 118 valence electrons. The summed E-state index contributed by atoms with van der Waals surface area (Å²) in [5.74, 6) is 0.779. The molecule has 0 aliphatic carbocycles. The lowest BCUT2D eigenvalue weighted by Crippen LogP contribution is -2.24. The minimum absolute atomic E-state index is 0.00418. The van der Waals surface area contributed by atoms with Crippen molar-refractivity contribution in [3.8, 4) is 5.75 Å². The lowest BCUT2D eigenvalue weighted by Gasteiger charge is -2.09. The van der Waals surface area contributed by atoms with Gasteiger partial charge in [-0.2, -0.15) is 5.10 Å². The van der Waals surface area contributed by atoms with Crippen LogP contribution >= 0.6 is 0 Å². The fraction of sp³-hybridized carbons (Fsp3) is 0.222. The van der Waals surface area contributed by atoms with E-state index in [2.05, 4.69) is 10.4 Å². The van der Waals surface area contributed by atoms with Gasteiger partial charge in [-0.05, 0) is 12.1 Å². The molecule has 0 aliphatic rings. The second-order valence-corrected chi connectivity index (χ2v) is 5.27. The molecule has 1 heterocycles. The van der Waals surface area contributed by atoms with Crippen LogP contribution < -0.4 is 10.1 Å². The van der Waals surface area contributed by atoms with E-state index >= 15 is 0 Å². The normalized spacial score (nSPS) is 10.7. The van der Waals surface area contributed by atoms with E-state index in [0.717, 1.165) is 22.2 Å². The zero-order chi connectivity index (χ0) is 16.1. The quantitative estimate of drug-likeness (QED) is 0.762. The van der Waals surface area contributed by atoms with Crippen molar-refractivity contribution in [1.82, 2.24) is 15.1 Å². The van der Waals surface area contributed by atoms with Crippen molar-refractivity contribution < 1.29 is 9.53 Å². The summed E-state index contributed by atoms with van der Waals surface area (Å²) in [4.78, 5) is 12.1. The number of carbonyl (C=O) groups is 1. The molecule has 3 aromatic rings. The molecule has 3 rings (SSSR count).